The SMILES string of the molecule is Brc1cnn2cc(-c3ccc(OC4(CN5CCCCC5)COC4)cc3)cnc12.CCC1(Oc2ccc(-c3cnc4c(Br)cnn4c3)cc2)COC1. The zero-order valence-corrected chi connectivity index (χ0v) is 31.6. The van der Waals surface area contributed by atoms with E-state index in [1.54, 1.807) is 21.4 Å². The van der Waals surface area contributed by atoms with Gasteiger partial charge in [-0.05, 0) is 99.6 Å². The molecule has 11 nitrogen and oxygen atoms in total. The Morgan fingerprint density at radius 2 is 1.10 bits per heavy atom. The molecule has 0 bridgehead atoms. The number of halogens is 2. The van der Waals surface area contributed by atoms with Crippen molar-refractivity contribution in [3.8, 4) is 33.8 Å². The second-order valence-electron chi connectivity index (χ2n) is 13.5. The van der Waals surface area contributed by atoms with Gasteiger partial charge in [-0.1, -0.05) is 37.6 Å². The Morgan fingerprint density at radius 1 is 0.627 bits per heavy atom. The molecular weight excluding hydrogens is 778 g/mol. The molecule has 0 amide bonds. The van der Waals surface area contributed by atoms with Gasteiger partial charge in [0.15, 0.2) is 22.5 Å². The van der Waals surface area contributed by atoms with E-state index in [4.69, 9.17) is 18.9 Å². The van der Waals surface area contributed by atoms with Gasteiger partial charge in [0.2, 0.25) is 0 Å². The van der Waals surface area contributed by atoms with Gasteiger partial charge in [0.25, 0.3) is 0 Å². The number of ether oxygens (including phenoxy) is 4. The molecule has 6 aromatic rings. The lowest BCUT2D eigenvalue weighted by atomic mass is 9.98. The van der Waals surface area contributed by atoms with Crippen molar-refractivity contribution in [2.45, 2.75) is 43.8 Å². The van der Waals surface area contributed by atoms with Crippen LogP contribution in [0.5, 0.6) is 11.5 Å². The van der Waals surface area contributed by atoms with Crippen LogP contribution >= 0.6 is 31.9 Å². The van der Waals surface area contributed by atoms with Crippen molar-refractivity contribution in [2.24, 2.45) is 0 Å². The van der Waals surface area contributed by atoms with Gasteiger partial charge >= 0.3 is 0 Å². The maximum Gasteiger partial charge on any atom is 0.169 e. The van der Waals surface area contributed by atoms with Crippen LogP contribution in [-0.4, -0.2) is 91.4 Å². The van der Waals surface area contributed by atoms with Crippen molar-refractivity contribution in [2.75, 3.05) is 46.1 Å². The third-order valence-corrected chi connectivity index (χ3v) is 10.9. The fourth-order valence-corrected chi connectivity index (χ4v) is 7.37. The van der Waals surface area contributed by atoms with Crippen LogP contribution in [0.15, 0.2) is 94.7 Å². The molecule has 264 valence electrons. The highest BCUT2D eigenvalue weighted by atomic mass is 79.9. The fraction of sp³-hybridized carbons (Fsp3) is 0.368. The molecule has 3 aliphatic heterocycles. The van der Waals surface area contributed by atoms with E-state index in [1.165, 1.54) is 32.4 Å². The molecule has 0 atom stereocenters. The largest absolute Gasteiger partial charge is 0.482 e. The van der Waals surface area contributed by atoms with E-state index in [0.29, 0.717) is 26.4 Å². The van der Waals surface area contributed by atoms with Crippen molar-refractivity contribution in [1.82, 2.24) is 34.1 Å². The molecule has 2 aromatic carbocycles. The summed E-state index contributed by atoms with van der Waals surface area (Å²) in [4.78, 5) is 11.4. The van der Waals surface area contributed by atoms with E-state index in [0.717, 1.165) is 67.0 Å². The summed E-state index contributed by atoms with van der Waals surface area (Å²) in [5.74, 6) is 1.76. The van der Waals surface area contributed by atoms with Crippen LogP contribution < -0.4 is 9.47 Å². The first-order chi connectivity index (χ1) is 24.9. The maximum absolute atomic E-state index is 6.40. The van der Waals surface area contributed by atoms with Crippen molar-refractivity contribution in [3.63, 3.8) is 0 Å². The van der Waals surface area contributed by atoms with Crippen molar-refractivity contribution < 1.29 is 18.9 Å². The molecule has 3 aliphatic rings. The first-order valence-corrected chi connectivity index (χ1v) is 18.9. The van der Waals surface area contributed by atoms with Gasteiger partial charge in [-0.15, -0.1) is 0 Å². The van der Waals surface area contributed by atoms with E-state index in [2.05, 4.69) is 76.0 Å². The molecule has 7 heterocycles. The lowest BCUT2D eigenvalue weighted by Crippen LogP contribution is -2.61. The average Bonchev–Trinajstić information content (AvgIpc) is 3.71. The lowest BCUT2D eigenvalue weighted by molar-refractivity contribution is -0.172. The van der Waals surface area contributed by atoms with E-state index in [9.17, 15) is 0 Å². The molecule has 0 radical (unpaired) electrons. The number of nitrogens with zero attached hydrogens (tertiary/aromatic N) is 7. The van der Waals surface area contributed by atoms with Crippen molar-refractivity contribution in [1.29, 1.82) is 0 Å². The molecular formula is C38H39Br2N7O4. The smallest absolute Gasteiger partial charge is 0.169 e. The number of hydrogen-bond donors (Lipinski definition) is 0. The van der Waals surface area contributed by atoms with Crippen LogP contribution in [0, 0.1) is 0 Å². The number of rotatable bonds is 9. The summed E-state index contributed by atoms with van der Waals surface area (Å²) in [6.45, 7) is 8.08. The van der Waals surface area contributed by atoms with Gasteiger partial charge in [0.1, 0.15) is 11.5 Å². The van der Waals surface area contributed by atoms with Crippen molar-refractivity contribution >= 4 is 43.2 Å². The molecule has 0 spiro atoms. The predicted molar refractivity (Wildman–Crippen MR) is 201 cm³/mol. The molecule has 0 unspecified atom stereocenters. The van der Waals surface area contributed by atoms with Gasteiger partial charge in [-0.25, -0.2) is 19.0 Å². The number of aromatic nitrogens is 6. The summed E-state index contributed by atoms with van der Waals surface area (Å²) in [5.41, 5.74) is 5.46. The fourth-order valence-electron chi connectivity index (χ4n) is 6.62. The van der Waals surface area contributed by atoms with Gasteiger partial charge in [-0.3, -0.25) is 4.90 Å². The Kier molecular flexibility index (Phi) is 9.81. The highest BCUT2D eigenvalue weighted by molar-refractivity contribution is 9.11. The minimum Gasteiger partial charge on any atom is -0.482 e. The summed E-state index contributed by atoms with van der Waals surface area (Å²) < 4.78 is 28.6. The number of fused-ring (bicyclic) bond motifs is 2. The van der Waals surface area contributed by atoms with Gasteiger partial charge in [-0.2, -0.15) is 10.2 Å². The standard InChI is InChI=1S/C21H23BrN4O2.C17H16BrN3O2/c22-19-11-24-26-12-17(10-23-20(19)26)16-4-6-18(7-5-16)28-21(14-27-15-21)13-25-8-2-1-3-9-25;1-2-17(10-22-11-17)23-14-5-3-12(4-6-14)13-7-19-16-15(18)8-20-21(16)9-13/h4-7,10-12H,1-3,8-9,13-15H2;3-9H,2,10-11H2,1H3. The summed E-state index contributed by atoms with van der Waals surface area (Å²) in [6, 6.07) is 16.3. The van der Waals surface area contributed by atoms with Crippen LogP contribution in [0.2, 0.25) is 0 Å². The summed E-state index contributed by atoms with van der Waals surface area (Å²) >= 11 is 6.89. The minimum absolute atomic E-state index is 0.149. The van der Waals surface area contributed by atoms with E-state index >= 15 is 0 Å². The summed E-state index contributed by atoms with van der Waals surface area (Å²) in [5, 5.41) is 8.58. The topological polar surface area (TPSA) is 101 Å². The zero-order valence-electron chi connectivity index (χ0n) is 28.4. The third kappa shape index (κ3) is 7.40. The Bertz CT molecular complexity index is 2100. The van der Waals surface area contributed by atoms with E-state index in [-0.39, 0.29) is 11.2 Å². The van der Waals surface area contributed by atoms with E-state index < -0.39 is 0 Å². The van der Waals surface area contributed by atoms with Gasteiger partial charge < -0.3 is 18.9 Å². The number of likely N-dealkylation sites (tertiary alicyclic amines) is 1. The molecule has 13 heteroatoms. The number of hydrogen-bond acceptors (Lipinski definition) is 9. The molecule has 0 saturated carbocycles. The van der Waals surface area contributed by atoms with Crippen LogP contribution in [-0.2, 0) is 9.47 Å². The monoisotopic (exact) mass is 815 g/mol. The van der Waals surface area contributed by atoms with Crippen LogP contribution in [0.25, 0.3) is 33.5 Å². The van der Waals surface area contributed by atoms with E-state index in [1.807, 2.05) is 61.2 Å². The average molecular weight is 818 g/mol. The zero-order chi connectivity index (χ0) is 34.8. The van der Waals surface area contributed by atoms with Crippen LogP contribution in [0.3, 0.4) is 0 Å². The third-order valence-electron chi connectivity index (χ3n) is 9.74. The Balaban J connectivity index is 0.000000150. The number of piperidine rings is 1. The predicted octanol–water partition coefficient (Wildman–Crippen LogP) is 7.51. The molecule has 3 fully saturated rings. The first kappa shape index (κ1) is 34.2. The maximum atomic E-state index is 6.40. The van der Waals surface area contributed by atoms with Crippen LogP contribution in [0.4, 0.5) is 0 Å². The molecule has 51 heavy (non-hydrogen) atoms. The second-order valence-corrected chi connectivity index (χ2v) is 15.2. The Hall–Kier alpha value is -3.88. The molecule has 9 rings (SSSR count). The number of benzene rings is 2. The van der Waals surface area contributed by atoms with Crippen molar-refractivity contribution in [3.05, 3.63) is 94.7 Å². The molecule has 4 aromatic heterocycles. The quantitative estimate of drug-likeness (QED) is 0.147. The summed E-state index contributed by atoms with van der Waals surface area (Å²) in [7, 11) is 0. The van der Waals surface area contributed by atoms with Gasteiger partial charge in [0.05, 0.1) is 47.8 Å². The highest BCUT2D eigenvalue weighted by Gasteiger charge is 2.43. The lowest BCUT2D eigenvalue weighted by Gasteiger charge is -2.45. The summed E-state index contributed by atoms with van der Waals surface area (Å²) in [6.07, 6.45) is 16.0. The second kappa shape index (κ2) is 14.6. The Morgan fingerprint density at radius 3 is 1.53 bits per heavy atom. The highest BCUT2D eigenvalue weighted by Crippen LogP contribution is 2.32. The van der Waals surface area contributed by atoms with Crippen LogP contribution in [0.1, 0.15) is 32.6 Å². The minimum atomic E-state index is -0.208. The Labute approximate surface area is 313 Å². The molecule has 0 aliphatic carbocycles. The first-order valence-electron chi connectivity index (χ1n) is 17.3. The normalized spacial score (nSPS) is 18.0. The van der Waals surface area contributed by atoms with Gasteiger partial charge in [0, 0.05) is 42.5 Å². The molecule has 0 N–H and O–H groups in total. The molecule has 3 saturated heterocycles.